The maximum absolute atomic E-state index is 13.7. The Labute approximate surface area is 207 Å². The molecule has 2 aliphatic heterocycles. The van der Waals surface area contributed by atoms with Gasteiger partial charge in [-0.25, -0.2) is 0 Å². The highest BCUT2D eigenvalue weighted by atomic mass is 16.7. The SMILES string of the molecule is CCNC(=O)/C(B1Nc2cccc3cccc(c23)N1)=C(/B1OC(C)(C)C(C)(C)O1)c1ccccc1. The van der Waals surface area contributed by atoms with Gasteiger partial charge in [-0.2, -0.15) is 0 Å². The van der Waals surface area contributed by atoms with E-state index in [9.17, 15) is 4.79 Å². The maximum Gasteiger partial charge on any atom is 0.495 e. The molecule has 3 aromatic rings. The largest absolute Gasteiger partial charge is 0.495 e. The summed E-state index contributed by atoms with van der Waals surface area (Å²) in [6.07, 6.45) is 0. The Morgan fingerprint density at radius 2 is 1.43 bits per heavy atom. The van der Waals surface area contributed by atoms with Gasteiger partial charge in [0.05, 0.1) is 11.2 Å². The molecule has 0 atom stereocenters. The van der Waals surface area contributed by atoms with E-state index in [1.165, 1.54) is 0 Å². The lowest BCUT2D eigenvalue weighted by Gasteiger charge is -2.32. The van der Waals surface area contributed by atoms with Crippen LogP contribution < -0.4 is 15.8 Å². The highest BCUT2D eigenvalue weighted by molar-refractivity contribution is 6.85. The van der Waals surface area contributed by atoms with Gasteiger partial charge in [-0.05, 0) is 63.2 Å². The van der Waals surface area contributed by atoms with Gasteiger partial charge in [0.25, 0.3) is 0 Å². The average molecular weight is 467 g/mol. The van der Waals surface area contributed by atoms with Gasteiger partial charge < -0.3 is 25.1 Å². The van der Waals surface area contributed by atoms with Crippen LogP contribution in [0.15, 0.2) is 72.2 Å². The molecular weight excluding hydrogens is 436 g/mol. The number of hydrogen-bond donors (Lipinski definition) is 3. The molecule has 5 rings (SSSR count). The van der Waals surface area contributed by atoms with E-state index in [4.69, 9.17) is 9.31 Å². The normalized spacial score (nSPS) is 18.5. The van der Waals surface area contributed by atoms with Crippen LogP contribution in [0.25, 0.3) is 16.2 Å². The molecular formula is C27H31B2N3O3. The summed E-state index contributed by atoms with van der Waals surface area (Å²) in [5.41, 5.74) is 3.00. The Morgan fingerprint density at radius 3 is 1.97 bits per heavy atom. The van der Waals surface area contributed by atoms with Crippen molar-refractivity contribution in [3.63, 3.8) is 0 Å². The average Bonchev–Trinajstić information content (AvgIpc) is 3.04. The third-order valence-electron chi connectivity index (χ3n) is 7.24. The smallest absolute Gasteiger partial charge is 0.405 e. The maximum atomic E-state index is 13.7. The Kier molecular flexibility index (Phi) is 5.90. The Morgan fingerprint density at radius 1 is 0.857 bits per heavy atom. The third kappa shape index (κ3) is 4.11. The van der Waals surface area contributed by atoms with Crippen LogP contribution in [-0.2, 0) is 14.1 Å². The summed E-state index contributed by atoms with van der Waals surface area (Å²) >= 11 is 0. The predicted octanol–water partition coefficient (Wildman–Crippen LogP) is 4.93. The van der Waals surface area contributed by atoms with Gasteiger partial charge in [0, 0.05) is 28.8 Å². The molecule has 3 N–H and O–H groups in total. The molecule has 0 spiro atoms. The zero-order valence-electron chi connectivity index (χ0n) is 20.9. The topological polar surface area (TPSA) is 71.6 Å². The molecule has 178 valence electrons. The summed E-state index contributed by atoms with van der Waals surface area (Å²) in [4.78, 5) is 13.7. The van der Waals surface area contributed by atoms with Crippen molar-refractivity contribution in [2.75, 3.05) is 17.0 Å². The molecule has 1 amide bonds. The number of carbonyl (C=O) groups excluding carboxylic acids is 1. The summed E-state index contributed by atoms with van der Waals surface area (Å²) in [5.74, 6) is -0.169. The number of benzene rings is 3. The van der Waals surface area contributed by atoms with Crippen molar-refractivity contribution in [2.24, 2.45) is 0 Å². The van der Waals surface area contributed by atoms with Gasteiger partial charge in [-0.1, -0.05) is 54.6 Å². The van der Waals surface area contributed by atoms with Crippen molar-refractivity contribution < 1.29 is 14.1 Å². The zero-order valence-corrected chi connectivity index (χ0v) is 20.9. The molecule has 2 aliphatic rings. The van der Waals surface area contributed by atoms with Crippen LogP contribution in [0.2, 0.25) is 0 Å². The number of hydrogen-bond acceptors (Lipinski definition) is 5. The highest BCUT2D eigenvalue weighted by Crippen LogP contribution is 2.42. The summed E-state index contributed by atoms with van der Waals surface area (Å²) in [6.45, 7) is 10.0. The molecule has 0 saturated carbocycles. The van der Waals surface area contributed by atoms with Crippen LogP contribution in [-0.4, -0.2) is 37.8 Å². The molecule has 0 aliphatic carbocycles. The van der Waals surface area contributed by atoms with Crippen molar-refractivity contribution in [2.45, 2.75) is 45.8 Å². The molecule has 2 heterocycles. The summed E-state index contributed by atoms with van der Waals surface area (Å²) < 4.78 is 13.0. The van der Waals surface area contributed by atoms with Crippen LogP contribution in [0.1, 0.15) is 40.2 Å². The van der Waals surface area contributed by atoms with Crippen molar-refractivity contribution in [3.05, 3.63) is 77.8 Å². The lowest BCUT2D eigenvalue weighted by atomic mass is 9.56. The summed E-state index contributed by atoms with van der Waals surface area (Å²) in [7, 11) is -0.712. The van der Waals surface area contributed by atoms with Crippen molar-refractivity contribution >= 4 is 47.6 Å². The Hall–Kier alpha value is -3.22. The molecule has 0 unspecified atom stereocenters. The van der Waals surface area contributed by atoms with Crippen molar-refractivity contribution in [1.82, 2.24) is 5.32 Å². The fourth-order valence-corrected chi connectivity index (χ4v) is 4.73. The Balaban J connectivity index is 1.70. The van der Waals surface area contributed by atoms with Gasteiger partial charge in [0.1, 0.15) is 0 Å². The first-order valence-electron chi connectivity index (χ1n) is 12.2. The van der Waals surface area contributed by atoms with E-state index in [2.05, 4.69) is 27.9 Å². The first-order chi connectivity index (χ1) is 16.7. The monoisotopic (exact) mass is 467 g/mol. The lowest BCUT2D eigenvalue weighted by Crippen LogP contribution is -2.47. The van der Waals surface area contributed by atoms with E-state index in [0.717, 1.165) is 27.7 Å². The quantitative estimate of drug-likeness (QED) is 0.367. The fourth-order valence-electron chi connectivity index (χ4n) is 4.73. The first-order valence-corrected chi connectivity index (χ1v) is 12.2. The predicted molar refractivity (Wildman–Crippen MR) is 145 cm³/mol. The summed E-state index contributed by atoms with van der Waals surface area (Å²) in [5, 5.41) is 12.4. The molecule has 0 bridgehead atoms. The van der Waals surface area contributed by atoms with E-state index in [1.54, 1.807) is 0 Å². The molecule has 1 fully saturated rings. The van der Waals surface area contributed by atoms with Gasteiger partial charge in [-0.3, -0.25) is 4.79 Å². The fraction of sp³-hybridized carbons (Fsp3) is 0.296. The molecule has 1 saturated heterocycles. The van der Waals surface area contributed by atoms with Crippen molar-refractivity contribution in [1.29, 1.82) is 0 Å². The molecule has 0 aromatic heterocycles. The minimum atomic E-state index is -0.712. The van der Waals surface area contributed by atoms with Crippen molar-refractivity contribution in [3.8, 4) is 0 Å². The van der Waals surface area contributed by atoms with E-state index in [1.807, 2.05) is 89.2 Å². The number of anilines is 2. The molecule has 8 heteroatoms. The van der Waals surface area contributed by atoms with E-state index in [0.29, 0.717) is 17.5 Å². The number of rotatable bonds is 5. The van der Waals surface area contributed by atoms with Gasteiger partial charge in [0.15, 0.2) is 0 Å². The van der Waals surface area contributed by atoms with Crippen LogP contribution in [0.5, 0.6) is 0 Å². The number of carbonyl (C=O) groups is 1. The second kappa shape index (κ2) is 8.77. The minimum absolute atomic E-state index is 0.169. The lowest BCUT2D eigenvalue weighted by molar-refractivity contribution is -0.116. The molecule has 0 radical (unpaired) electrons. The van der Waals surface area contributed by atoms with E-state index in [-0.39, 0.29) is 5.91 Å². The Bertz CT molecular complexity index is 1250. The molecule has 35 heavy (non-hydrogen) atoms. The van der Waals surface area contributed by atoms with Gasteiger partial charge in [0.2, 0.25) is 5.91 Å². The third-order valence-corrected chi connectivity index (χ3v) is 7.24. The summed E-state index contributed by atoms with van der Waals surface area (Å²) in [6, 6.07) is 22.2. The highest BCUT2D eigenvalue weighted by Gasteiger charge is 2.54. The van der Waals surface area contributed by atoms with E-state index >= 15 is 0 Å². The van der Waals surface area contributed by atoms with E-state index < -0.39 is 25.3 Å². The number of likely N-dealkylation sites (N-methyl/N-ethyl adjacent to an activating group) is 1. The molecule has 6 nitrogen and oxygen atoms in total. The number of amides is 1. The number of nitrogens with one attached hydrogen (secondary N) is 3. The van der Waals surface area contributed by atoms with Gasteiger partial charge >= 0.3 is 14.1 Å². The van der Waals surface area contributed by atoms with Crippen LogP contribution in [0, 0.1) is 0 Å². The second-order valence-electron chi connectivity index (χ2n) is 10.1. The second-order valence-corrected chi connectivity index (χ2v) is 10.1. The minimum Gasteiger partial charge on any atom is -0.405 e. The zero-order chi connectivity index (χ0) is 24.8. The van der Waals surface area contributed by atoms with Gasteiger partial charge in [-0.15, -0.1) is 0 Å². The van der Waals surface area contributed by atoms with Crippen LogP contribution in [0.4, 0.5) is 11.4 Å². The molecule has 3 aromatic carbocycles. The van der Waals surface area contributed by atoms with Crippen LogP contribution in [0.3, 0.4) is 0 Å². The first kappa shape index (κ1) is 23.5. The standard InChI is InChI=1S/C27H31B2N3O3/c1-6-30-25(33)24(28-31-20-16-10-14-18-15-11-17-21(32-28)22(18)20)23(19-12-8-7-9-13-19)29-34-26(2,3)27(4,5)35-29/h7-17,31-32H,6H2,1-5H3,(H,30,33)/b24-23-. The van der Waals surface area contributed by atoms with Crippen LogP contribution >= 0.6 is 0 Å².